The molecule has 0 aliphatic heterocycles. The van der Waals surface area contributed by atoms with Crippen molar-refractivity contribution in [2.45, 2.75) is 0 Å². The molecule has 0 bridgehead atoms. The number of benzene rings is 3. The zero-order chi connectivity index (χ0) is 22.3. The summed E-state index contributed by atoms with van der Waals surface area (Å²) in [5.74, 6) is 1.74. The molecule has 0 radical (unpaired) electrons. The van der Waals surface area contributed by atoms with Crippen molar-refractivity contribution >= 4 is 40.5 Å². The Kier molecular flexibility index (Phi) is 6.33. The lowest BCUT2D eigenvalue weighted by atomic mass is 10.2. The van der Waals surface area contributed by atoms with Crippen LogP contribution in [0.2, 0.25) is 5.02 Å². The molecule has 4 aromatic rings. The average Bonchev–Trinajstić information content (AvgIpc) is 2.82. The lowest BCUT2D eigenvalue weighted by Gasteiger charge is -2.13. The number of hydrazine groups is 1. The van der Waals surface area contributed by atoms with Gasteiger partial charge < -0.3 is 15.8 Å². The van der Waals surface area contributed by atoms with Crippen LogP contribution in [0.5, 0.6) is 11.5 Å². The van der Waals surface area contributed by atoms with E-state index in [0.717, 1.165) is 11.4 Å². The number of nitrogens with one attached hydrogen (secondary N) is 3. The summed E-state index contributed by atoms with van der Waals surface area (Å²) in [6.45, 7) is 0. The van der Waals surface area contributed by atoms with Crippen LogP contribution in [0.25, 0.3) is 0 Å². The Morgan fingerprint density at radius 2 is 1.50 bits per heavy atom. The first-order valence-electron chi connectivity index (χ1n) is 9.61. The average molecular weight is 447 g/mol. The maximum Gasteiger partial charge on any atom is 0.269 e. The van der Waals surface area contributed by atoms with E-state index in [9.17, 15) is 4.79 Å². The van der Waals surface area contributed by atoms with Gasteiger partial charge in [-0.1, -0.05) is 29.8 Å². The van der Waals surface area contributed by atoms with Crippen LogP contribution in [0.3, 0.4) is 0 Å². The Morgan fingerprint density at radius 3 is 2.22 bits per heavy atom. The minimum atomic E-state index is -0.358. The van der Waals surface area contributed by atoms with E-state index >= 15 is 0 Å². The van der Waals surface area contributed by atoms with E-state index in [1.807, 2.05) is 54.6 Å². The van der Waals surface area contributed by atoms with Gasteiger partial charge in [0.25, 0.3) is 5.91 Å². The van der Waals surface area contributed by atoms with Crippen LogP contribution in [-0.4, -0.2) is 15.9 Å². The number of carbonyl (C=O) groups is 1. The number of nitrogen functional groups attached to an aromatic ring is 1. The van der Waals surface area contributed by atoms with E-state index in [-0.39, 0.29) is 17.4 Å². The molecule has 9 heteroatoms. The van der Waals surface area contributed by atoms with E-state index < -0.39 is 0 Å². The standard InChI is InChI=1S/C23H19ClN6O2/c24-16-8-6-15(7-9-16)23(31)30-29-22-20(25)21(26-14-27-22)28-17-10-12-19(13-11-17)32-18-4-2-1-3-5-18/h1-14H,25H2,(H,30,31)(H2,26,27,28,29). The Hall–Kier alpha value is -4.30. The zero-order valence-electron chi connectivity index (χ0n) is 16.7. The molecular formula is C23H19ClN6O2. The Morgan fingerprint density at radius 1 is 0.844 bits per heavy atom. The minimum absolute atomic E-state index is 0.244. The smallest absolute Gasteiger partial charge is 0.269 e. The Labute approximate surface area is 189 Å². The van der Waals surface area contributed by atoms with Gasteiger partial charge >= 0.3 is 0 Å². The van der Waals surface area contributed by atoms with E-state index in [1.54, 1.807) is 24.3 Å². The lowest BCUT2D eigenvalue weighted by molar-refractivity contribution is 0.0962. The summed E-state index contributed by atoms with van der Waals surface area (Å²) in [4.78, 5) is 20.5. The van der Waals surface area contributed by atoms with E-state index in [2.05, 4.69) is 26.1 Å². The highest BCUT2D eigenvalue weighted by molar-refractivity contribution is 6.30. The van der Waals surface area contributed by atoms with E-state index in [0.29, 0.717) is 22.2 Å². The second-order valence-corrected chi connectivity index (χ2v) is 7.07. The predicted octanol–water partition coefficient (Wildman–Crippen LogP) is 5.01. The fraction of sp³-hybridized carbons (Fsp3) is 0. The molecule has 0 aliphatic rings. The monoisotopic (exact) mass is 446 g/mol. The summed E-state index contributed by atoms with van der Waals surface area (Å²) in [6, 6.07) is 23.4. The molecule has 160 valence electrons. The summed E-state index contributed by atoms with van der Waals surface area (Å²) in [5, 5.41) is 3.68. The van der Waals surface area contributed by atoms with Gasteiger partial charge in [0.1, 0.15) is 23.5 Å². The number of amides is 1. The highest BCUT2D eigenvalue weighted by Crippen LogP contribution is 2.27. The third-order valence-electron chi connectivity index (χ3n) is 4.38. The highest BCUT2D eigenvalue weighted by Gasteiger charge is 2.11. The molecule has 8 nitrogen and oxygen atoms in total. The first-order valence-corrected chi connectivity index (χ1v) is 9.99. The van der Waals surface area contributed by atoms with Gasteiger partial charge in [-0.15, -0.1) is 0 Å². The first kappa shape index (κ1) is 21.0. The van der Waals surface area contributed by atoms with Crippen LogP contribution >= 0.6 is 11.6 Å². The van der Waals surface area contributed by atoms with Crippen LogP contribution in [0.4, 0.5) is 23.0 Å². The molecule has 3 aromatic carbocycles. The molecule has 0 saturated carbocycles. The molecule has 5 N–H and O–H groups in total. The van der Waals surface area contributed by atoms with Gasteiger partial charge in [-0.2, -0.15) is 0 Å². The second kappa shape index (κ2) is 9.67. The molecule has 0 unspecified atom stereocenters. The maximum atomic E-state index is 12.3. The number of aromatic nitrogens is 2. The predicted molar refractivity (Wildman–Crippen MR) is 125 cm³/mol. The Bertz CT molecular complexity index is 1200. The normalized spacial score (nSPS) is 10.3. The highest BCUT2D eigenvalue weighted by atomic mass is 35.5. The first-order chi connectivity index (χ1) is 15.6. The molecule has 4 rings (SSSR count). The fourth-order valence-electron chi connectivity index (χ4n) is 2.75. The number of ether oxygens (including phenoxy) is 1. The number of rotatable bonds is 7. The van der Waals surface area contributed by atoms with Gasteiger partial charge in [0, 0.05) is 16.3 Å². The number of para-hydroxylation sites is 1. The summed E-state index contributed by atoms with van der Waals surface area (Å²) in [7, 11) is 0. The molecule has 0 aliphatic carbocycles. The van der Waals surface area contributed by atoms with Gasteiger partial charge in [-0.25, -0.2) is 9.97 Å². The van der Waals surface area contributed by atoms with Crippen molar-refractivity contribution in [1.82, 2.24) is 15.4 Å². The molecule has 0 spiro atoms. The maximum absolute atomic E-state index is 12.3. The van der Waals surface area contributed by atoms with Gasteiger partial charge in [0.05, 0.1) is 0 Å². The number of carbonyl (C=O) groups excluding carboxylic acids is 1. The third-order valence-corrected chi connectivity index (χ3v) is 4.63. The van der Waals surface area contributed by atoms with Gasteiger partial charge in [-0.3, -0.25) is 15.6 Å². The van der Waals surface area contributed by atoms with Crippen LogP contribution in [0.15, 0.2) is 85.2 Å². The molecule has 1 amide bonds. The van der Waals surface area contributed by atoms with Crippen LogP contribution in [0, 0.1) is 0 Å². The van der Waals surface area contributed by atoms with Crippen molar-refractivity contribution in [3.8, 4) is 11.5 Å². The van der Waals surface area contributed by atoms with Crippen LogP contribution < -0.4 is 26.6 Å². The largest absolute Gasteiger partial charge is 0.457 e. The summed E-state index contributed by atoms with van der Waals surface area (Å²) in [5.41, 5.74) is 12.9. The fourth-order valence-corrected chi connectivity index (χ4v) is 2.88. The van der Waals surface area contributed by atoms with Crippen molar-refractivity contribution in [3.63, 3.8) is 0 Å². The SMILES string of the molecule is Nc1c(NNC(=O)c2ccc(Cl)cc2)ncnc1Nc1ccc(Oc2ccccc2)cc1. The third kappa shape index (κ3) is 5.24. The quantitative estimate of drug-likeness (QED) is 0.295. The molecule has 1 heterocycles. The second-order valence-electron chi connectivity index (χ2n) is 6.64. The lowest BCUT2D eigenvalue weighted by Crippen LogP contribution is -2.30. The number of anilines is 4. The van der Waals surface area contributed by atoms with Crippen LogP contribution in [0.1, 0.15) is 10.4 Å². The van der Waals surface area contributed by atoms with E-state index in [1.165, 1.54) is 6.33 Å². The molecule has 32 heavy (non-hydrogen) atoms. The number of nitrogens with two attached hydrogens (primary N) is 1. The number of hydrogen-bond acceptors (Lipinski definition) is 7. The summed E-state index contributed by atoms with van der Waals surface area (Å²) in [6.07, 6.45) is 1.34. The van der Waals surface area contributed by atoms with Crippen LogP contribution in [-0.2, 0) is 0 Å². The van der Waals surface area contributed by atoms with Gasteiger partial charge in [0.15, 0.2) is 11.6 Å². The topological polar surface area (TPSA) is 114 Å². The van der Waals surface area contributed by atoms with Crippen molar-refractivity contribution in [3.05, 3.63) is 95.8 Å². The summed E-state index contributed by atoms with van der Waals surface area (Å²) < 4.78 is 5.79. The minimum Gasteiger partial charge on any atom is -0.457 e. The van der Waals surface area contributed by atoms with E-state index in [4.69, 9.17) is 22.1 Å². The molecular weight excluding hydrogens is 428 g/mol. The number of nitrogens with zero attached hydrogens (tertiary/aromatic N) is 2. The van der Waals surface area contributed by atoms with Crippen molar-refractivity contribution in [1.29, 1.82) is 0 Å². The van der Waals surface area contributed by atoms with Gasteiger partial charge in [0.2, 0.25) is 0 Å². The zero-order valence-corrected chi connectivity index (χ0v) is 17.5. The van der Waals surface area contributed by atoms with Crippen molar-refractivity contribution in [2.24, 2.45) is 0 Å². The van der Waals surface area contributed by atoms with Crippen molar-refractivity contribution < 1.29 is 9.53 Å². The Balaban J connectivity index is 1.40. The number of hydrogen-bond donors (Lipinski definition) is 4. The molecule has 0 fully saturated rings. The number of halogens is 1. The molecule has 1 aromatic heterocycles. The van der Waals surface area contributed by atoms with Crippen molar-refractivity contribution in [2.75, 3.05) is 16.5 Å². The summed E-state index contributed by atoms with van der Waals surface area (Å²) >= 11 is 5.84. The molecule has 0 saturated heterocycles. The van der Waals surface area contributed by atoms with Gasteiger partial charge in [-0.05, 0) is 60.7 Å². The molecule has 0 atom stereocenters.